The number of ether oxygens (including phenoxy) is 1. The number of carbonyl (C=O) groups excluding carboxylic acids is 1. The van der Waals surface area contributed by atoms with Crippen LogP contribution in [-0.2, 0) is 11.2 Å². The van der Waals surface area contributed by atoms with Gasteiger partial charge < -0.3 is 19.8 Å². The summed E-state index contributed by atoms with van der Waals surface area (Å²) in [5.41, 5.74) is 2.34. The van der Waals surface area contributed by atoms with Crippen molar-refractivity contribution in [3.05, 3.63) is 82.7 Å². The molecule has 1 saturated heterocycles. The third kappa shape index (κ3) is 3.38. The number of fused-ring (bicyclic) bond motifs is 4. The number of benzene rings is 2. The minimum absolute atomic E-state index is 0. The number of hydrogen-bond acceptors (Lipinski definition) is 5. The highest BCUT2D eigenvalue weighted by Crippen LogP contribution is 2.46. The molecule has 7 heteroatoms. The zero-order valence-corrected chi connectivity index (χ0v) is 19.3. The number of hydrogen-bond donors (Lipinski definition) is 2. The van der Waals surface area contributed by atoms with E-state index in [2.05, 4.69) is 6.07 Å². The topological polar surface area (TPSA) is 98.7 Å². The van der Waals surface area contributed by atoms with Gasteiger partial charge in [-0.05, 0) is 61.4 Å². The lowest BCUT2D eigenvalue weighted by Crippen LogP contribution is -2.50. The Morgan fingerprint density at radius 2 is 1.94 bits per heavy atom. The van der Waals surface area contributed by atoms with E-state index in [-0.39, 0.29) is 8.76 Å². The van der Waals surface area contributed by atoms with Gasteiger partial charge in [0.05, 0.1) is 18.0 Å². The molecule has 3 aromatic rings. The average Bonchev–Trinajstić information content (AvgIpc) is 3.30. The zero-order valence-electron chi connectivity index (χ0n) is 19.3. The highest BCUT2D eigenvalue weighted by atomic mass is 16.5. The normalized spacial score (nSPS) is 17.8. The Bertz CT molecular complexity index is 1320. The predicted molar refractivity (Wildman–Crippen MR) is 130 cm³/mol. The number of nitriles is 1. The third-order valence-corrected chi connectivity index (χ3v) is 7.09. The van der Waals surface area contributed by atoms with Crippen molar-refractivity contribution in [2.75, 3.05) is 19.7 Å². The van der Waals surface area contributed by atoms with Crippen molar-refractivity contribution in [3.8, 4) is 17.5 Å². The van der Waals surface area contributed by atoms with Crippen LogP contribution >= 0.6 is 0 Å². The van der Waals surface area contributed by atoms with Crippen molar-refractivity contribution in [2.24, 2.45) is 0 Å². The van der Waals surface area contributed by atoms with Crippen LogP contribution in [0.5, 0.6) is 5.75 Å². The molecule has 1 fully saturated rings. The maximum Gasteiger partial charge on any atom is 0.253 e. The van der Waals surface area contributed by atoms with Gasteiger partial charge in [0, 0.05) is 34.3 Å². The second-order valence-electron chi connectivity index (χ2n) is 9.37. The van der Waals surface area contributed by atoms with Gasteiger partial charge in [-0.2, -0.15) is 5.26 Å². The molecule has 2 aliphatic rings. The molecular weight excluding hydrogens is 430 g/mol. The molecule has 34 heavy (non-hydrogen) atoms. The summed E-state index contributed by atoms with van der Waals surface area (Å²) in [6.07, 6.45) is 1.22. The molecule has 1 atom stereocenters. The quantitative estimate of drug-likeness (QED) is 0.617. The number of para-hydroxylation sites is 2. The van der Waals surface area contributed by atoms with Gasteiger partial charge in [0.15, 0.2) is 5.60 Å². The molecule has 7 nitrogen and oxygen atoms in total. The number of rotatable bonds is 3. The molecule has 1 aromatic heterocycles. The summed E-state index contributed by atoms with van der Waals surface area (Å²) in [6.45, 7) is 4.02. The van der Waals surface area contributed by atoms with Crippen LogP contribution < -0.4 is 4.74 Å². The minimum atomic E-state index is -1.35. The first-order chi connectivity index (χ1) is 16.3. The minimum Gasteiger partial charge on any atom is -0.479 e. The predicted octanol–water partition coefficient (Wildman–Crippen LogP) is 3.87. The maximum absolute atomic E-state index is 13.3. The first kappa shape index (κ1) is 22.2. The van der Waals surface area contributed by atoms with Crippen molar-refractivity contribution in [1.29, 1.82) is 5.26 Å². The van der Waals surface area contributed by atoms with Crippen LogP contribution in [0.25, 0.3) is 5.69 Å². The molecule has 178 valence electrons. The Labute approximate surface area is 201 Å². The van der Waals surface area contributed by atoms with Crippen LogP contribution in [0.2, 0.25) is 0 Å². The van der Waals surface area contributed by atoms with Crippen LogP contribution in [-0.4, -0.2) is 45.3 Å². The summed E-state index contributed by atoms with van der Waals surface area (Å²) < 4.78 is 8.52. The standard InChI is InChI=1S/C27H27N3O4.2H2/c1-18-15-19(7-9-21(18)26(2,33)17-31)25(32)29-13-11-27(12-14-29)24-10-8-20(16-28)30(24)22-5-3-4-6-23(22)34-27;;/h3-10,15,31,33H,11-14,17H2,1-2H3;2*1H/t26-;;/m0../s1. The van der Waals surface area contributed by atoms with Crippen molar-refractivity contribution in [1.82, 2.24) is 9.47 Å². The van der Waals surface area contributed by atoms with E-state index in [1.807, 2.05) is 52.8 Å². The largest absolute Gasteiger partial charge is 0.479 e. The summed E-state index contributed by atoms with van der Waals surface area (Å²) in [4.78, 5) is 15.1. The van der Waals surface area contributed by atoms with E-state index in [1.165, 1.54) is 0 Å². The van der Waals surface area contributed by atoms with Crippen LogP contribution in [0.3, 0.4) is 0 Å². The number of aliphatic hydroxyl groups is 2. The van der Waals surface area contributed by atoms with Gasteiger partial charge in [0.2, 0.25) is 0 Å². The van der Waals surface area contributed by atoms with Gasteiger partial charge in [0.25, 0.3) is 5.91 Å². The van der Waals surface area contributed by atoms with Crippen LogP contribution in [0.15, 0.2) is 54.6 Å². The number of aryl methyl sites for hydroxylation is 1. The second-order valence-corrected chi connectivity index (χ2v) is 9.37. The molecule has 2 aromatic carbocycles. The Balaban J connectivity index is 0.00000180. The fourth-order valence-corrected chi connectivity index (χ4v) is 5.23. The third-order valence-electron chi connectivity index (χ3n) is 7.09. The zero-order chi connectivity index (χ0) is 24.1. The molecule has 0 aliphatic carbocycles. The highest BCUT2D eigenvalue weighted by molar-refractivity contribution is 5.94. The average molecular weight is 462 g/mol. The summed E-state index contributed by atoms with van der Waals surface area (Å²) in [5.74, 6) is 0.669. The summed E-state index contributed by atoms with van der Waals surface area (Å²) in [5, 5.41) is 29.5. The SMILES string of the molecule is Cc1cc(C(=O)N2CCC3(CC2)Oc2ccccc2-n2c(C#N)ccc23)ccc1[C@@](C)(O)CO.[HH].[HH]. The van der Waals surface area contributed by atoms with Gasteiger partial charge in [-0.3, -0.25) is 9.36 Å². The van der Waals surface area contributed by atoms with Crippen molar-refractivity contribution < 1.29 is 22.6 Å². The number of aliphatic hydroxyl groups excluding tert-OH is 1. The molecule has 3 heterocycles. The number of nitrogens with zero attached hydrogens (tertiary/aromatic N) is 3. The lowest BCUT2D eigenvalue weighted by molar-refractivity contribution is -0.00948. The van der Waals surface area contributed by atoms with E-state index in [0.29, 0.717) is 42.8 Å². The van der Waals surface area contributed by atoms with Gasteiger partial charge >= 0.3 is 0 Å². The van der Waals surface area contributed by atoms with Crippen molar-refractivity contribution >= 4 is 5.91 Å². The Morgan fingerprint density at radius 1 is 1.21 bits per heavy atom. The molecule has 1 amide bonds. The monoisotopic (exact) mass is 461 g/mol. The molecular formula is C27H31N3O4. The van der Waals surface area contributed by atoms with Gasteiger partial charge in [0.1, 0.15) is 23.1 Å². The highest BCUT2D eigenvalue weighted by Gasteiger charge is 2.45. The molecule has 1 spiro atoms. The van der Waals surface area contributed by atoms with E-state index in [4.69, 9.17) is 4.74 Å². The molecule has 2 aliphatic heterocycles. The lowest BCUT2D eigenvalue weighted by Gasteiger charge is -2.45. The van der Waals surface area contributed by atoms with E-state index in [9.17, 15) is 20.3 Å². The molecule has 0 radical (unpaired) electrons. The van der Waals surface area contributed by atoms with Crippen LogP contribution in [0.1, 0.15) is 55.5 Å². The van der Waals surface area contributed by atoms with Gasteiger partial charge in [-0.15, -0.1) is 0 Å². The van der Waals surface area contributed by atoms with Crippen molar-refractivity contribution in [3.63, 3.8) is 0 Å². The number of piperidine rings is 1. The second kappa shape index (κ2) is 8.01. The van der Waals surface area contributed by atoms with E-state index in [1.54, 1.807) is 25.1 Å². The summed E-state index contributed by atoms with van der Waals surface area (Å²) >= 11 is 0. The molecule has 0 saturated carbocycles. The molecule has 5 rings (SSSR count). The molecule has 0 bridgehead atoms. The number of amides is 1. The molecule has 0 unspecified atom stereocenters. The van der Waals surface area contributed by atoms with E-state index < -0.39 is 17.8 Å². The Kier molecular flexibility index (Phi) is 5.23. The lowest BCUT2D eigenvalue weighted by atomic mass is 9.86. The van der Waals surface area contributed by atoms with Crippen molar-refractivity contribution in [2.45, 2.75) is 37.9 Å². The first-order valence-corrected chi connectivity index (χ1v) is 11.4. The number of likely N-dealkylation sites (tertiary alicyclic amines) is 1. The van der Waals surface area contributed by atoms with Gasteiger partial charge in [-0.25, -0.2) is 0 Å². The van der Waals surface area contributed by atoms with E-state index in [0.717, 1.165) is 22.7 Å². The van der Waals surface area contributed by atoms with Crippen LogP contribution in [0.4, 0.5) is 0 Å². The Hall–Kier alpha value is -3.60. The fraction of sp³-hybridized carbons (Fsp3) is 0.333. The number of aromatic nitrogens is 1. The smallest absolute Gasteiger partial charge is 0.253 e. The Morgan fingerprint density at radius 3 is 2.62 bits per heavy atom. The fourth-order valence-electron chi connectivity index (χ4n) is 5.23. The van der Waals surface area contributed by atoms with Gasteiger partial charge in [-0.1, -0.05) is 18.2 Å². The summed E-state index contributed by atoms with van der Waals surface area (Å²) in [6, 6.07) is 19.0. The number of carbonyl (C=O) groups is 1. The van der Waals surface area contributed by atoms with E-state index >= 15 is 0 Å². The maximum atomic E-state index is 13.3. The van der Waals surface area contributed by atoms with Crippen LogP contribution in [0, 0.1) is 18.3 Å². The summed E-state index contributed by atoms with van der Waals surface area (Å²) in [7, 11) is 0. The first-order valence-electron chi connectivity index (χ1n) is 11.4. The molecule has 2 N–H and O–H groups in total.